The number of halogens is 1. The summed E-state index contributed by atoms with van der Waals surface area (Å²) in [7, 11) is 0. The molecule has 0 aliphatic heterocycles. The van der Waals surface area contributed by atoms with Crippen LogP contribution in [0.3, 0.4) is 0 Å². The summed E-state index contributed by atoms with van der Waals surface area (Å²) in [6.45, 7) is 2.01. The van der Waals surface area contributed by atoms with Gasteiger partial charge in [0.25, 0.3) is 0 Å². The third kappa shape index (κ3) is 1.98. The van der Waals surface area contributed by atoms with E-state index in [0.29, 0.717) is 18.5 Å². The van der Waals surface area contributed by atoms with E-state index >= 15 is 0 Å². The standard InChI is InChI=1S/C14H13BrN2O2/c1-9-8-10(15)2-3-11(9)17-7-4-12(16-17)14(5-6-14)13(18)19/h2-4,7-8H,5-6H2,1H3,(H,18,19). The second kappa shape index (κ2) is 4.20. The van der Waals surface area contributed by atoms with Crippen molar-refractivity contribution in [1.29, 1.82) is 0 Å². The molecule has 0 spiro atoms. The second-order valence-corrected chi connectivity index (χ2v) is 5.88. The lowest BCUT2D eigenvalue weighted by Gasteiger charge is -2.08. The monoisotopic (exact) mass is 320 g/mol. The molecule has 0 atom stereocenters. The quantitative estimate of drug-likeness (QED) is 0.945. The van der Waals surface area contributed by atoms with Crippen molar-refractivity contribution in [3.63, 3.8) is 0 Å². The van der Waals surface area contributed by atoms with Crippen LogP contribution in [0.4, 0.5) is 0 Å². The maximum absolute atomic E-state index is 11.3. The number of carboxylic acid groups (broad SMARTS) is 1. The molecule has 1 aromatic heterocycles. The highest BCUT2D eigenvalue weighted by atomic mass is 79.9. The lowest BCUT2D eigenvalue weighted by atomic mass is 10.0. The molecule has 1 N–H and O–H groups in total. The number of hydrogen-bond donors (Lipinski definition) is 1. The van der Waals surface area contributed by atoms with Crippen LogP contribution in [0.2, 0.25) is 0 Å². The first-order valence-corrected chi connectivity index (χ1v) is 6.88. The molecule has 3 rings (SSSR count). The van der Waals surface area contributed by atoms with E-state index in [2.05, 4.69) is 21.0 Å². The molecule has 0 saturated heterocycles. The Balaban J connectivity index is 2.00. The van der Waals surface area contributed by atoms with Gasteiger partial charge in [0.2, 0.25) is 0 Å². The molecule has 1 heterocycles. The fraction of sp³-hybridized carbons (Fsp3) is 0.286. The zero-order valence-corrected chi connectivity index (χ0v) is 12.0. The smallest absolute Gasteiger partial charge is 0.315 e. The Morgan fingerprint density at radius 2 is 2.16 bits per heavy atom. The van der Waals surface area contributed by atoms with E-state index in [4.69, 9.17) is 0 Å². The second-order valence-electron chi connectivity index (χ2n) is 4.96. The highest BCUT2D eigenvalue weighted by molar-refractivity contribution is 9.10. The fourth-order valence-electron chi connectivity index (χ4n) is 2.29. The van der Waals surface area contributed by atoms with Crippen molar-refractivity contribution in [1.82, 2.24) is 9.78 Å². The zero-order chi connectivity index (χ0) is 13.6. The summed E-state index contributed by atoms with van der Waals surface area (Å²) in [5.41, 5.74) is 1.97. The third-order valence-electron chi connectivity index (χ3n) is 3.64. The van der Waals surface area contributed by atoms with Gasteiger partial charge in [-0.1, -0.05) is 15.9 Å². The van der Waals surface area contributed by atoms with Gasteiger partial charge in [-0.3, -0.25) is 4.79 Å². The van der Waals surface area contributed by atoms with Gasteiger partial charge in [0, 0.05) is 10.7 Å². The number of carboxylic acids is 1. The predicted molar refractivity (Wildman–Crippen MR) is 74.5 cm³/mol. The first kappa shape index (κ1) is 12.4. The Hall–Kier alpha value is -1.62. The Morgan fingerprint density at radius 1 is 1.42 bits per heavy atom. The van der Waals surface area contributed by atoms with Crippen molar-refractivity contribution < 1.29 is 9.90 Å². The van der Waals surface area contributed by atoms with E-state index < -0.39 is 11.4 Å². The lowest BCUT2D eigenvalue weighted by Crippen LogP contribution is -2.20. The largest absolute Gasteiger partial charge is 0.481 e. The van der Waals surface area contributed by atoms with Crippen molar-refractivity contribution in [2.24, 2.45) is 0 Å². The van der Waals surface area contributed by atoms with Crippen molar-refractivity contribution >= 4 is 21.9 Å². The molecular weight excluding hydrogens is 308 g/mol. The van der Waals surface area contributed by atoms with Crippen LogP contribution in [0.15, 0.2) is 34.9 Å². The van der Waals surface area contributed by atoms with E-state index in [1.54, 1.807) is 4.68 Å². The van der Waals surface area contributed by atoms with Gasteiger partial charge >= 0.3 is 5.97 Å². The summed E-state index contributed by atoms with van der Waals surface area (Å²) in [5, 5.41) is 13.7. The van der Waals surface area contributed by atoms with E-state index in [1.165, 1.54) is 0 Å². The normalized spacial score (nSPS) is 16.3. The number of hydrogen-bond acceptors (Lipinski definition) is 2. The van der Waals surface area contributed by atoms with Gasteiger partial charge in [0.1, 0.15) is 5.41 Å². The summed E-state index contributed by atoms with van der Waals surface area (Å²) in [4.78, 5) is 11.3. The molecule has 0 radical (unpaired) electrons. The zero-order valence-electron chi connectivity index (χ0n) is 10.4. The maximum atomic E-state index is 11.3. The molecule has 1 aromatic carbocycles. The van der Waals surface area contributed by atoms with Gasteiger partial charge in [0.15, 0.2) is 0 Å². The van der Waals surface area contributed by atoms with Crippen LogP contribution >= 0.6 is 15.9 Å². The molecule has 19 heavy (non-hydrogen) atoms. The van der Waals surface area contributed by atoms with E-state index in [-0.39, 0.29) is 0 Å². The number of nitrogens with zero attached hydrogens (tertiary/aromatic N) is 2. The van der Waals surface area contributed by atoms with Crippen molar-refractivity contribution in [3.05, 3.63) is 46.2 Å². The number of carbonyl (C=O) groups is 1. The average molecular weight is 321 g/mol. The SMILES string of the molecule is Cc1cc(Br)ccc1-n1ccc(C2(C(=O)O)CC2)n1. The molecule has 1 aliphatic carbocycles. The molecule has 4 nitrogen and oxygen atoms in total. The number of aromatic nitrogens is 2. The number of aliphatic carboxylic acids is 1. The van der Waals surface area contributed by atoms with E-state index in [0.717, 1.165) is 15.7 Å². The van der Waals surface area contributed by atoms with Gasteiger partial charge in [0.05, 0.1) is 11.4 Å². The van der Waals surface area contributed by atoms with E-state index in [1.807, 2.05) is 37.4 Å². The highest BCUT2D eigenvalue weighted by Gasteiger charge is 2.53. The summed E-state index contributed by atoms with van der Waals surface area (Å²) in [6, 6.07) is 7.74. The van der Waals surface area contributed by atoms with Crippen LogP contribution in [0, 0.1) is 6.92 Å². The van der Waals surface area contributed by atoms with Crippen molar-refractivity contribution in [2.75, 3.05) is 0 Å². The number of rotatable bonds is 3. The van der Waals surface area contributed by atoms with Crippen LogP contribution < -0.4 is 0 Å². The summed E-state index contributed by atoms with van der Waals surface area (Å²) >= 11 is 3.43. The number of benzene rings is 1. The fourth-order valence-corrected chi connectivity index (χ4v) is 2.77. The van der Waals surface area contributed by atoms with Crippen molar-refractivity contribution in [3.8, 4) is 5.69 Å². The minimum absolute atomic E-state index is 0.655. The minimum atomic E-state index is -0.773. The molecule has 1 saturated carbocycles. The van der Waals surface area contributed by atoms with Crippen molar-refractivity contribution in [2.45, 2.75) is 25.2 Å². The predicted octanol–water partition coefficient (Wildman–Crippen LogP) is 3.06. The average Bonchev–Trinajstić information content (AvgIpc) is 3.03. The van der Waals surface area contributed by atoms with Crippen LogP contribution in [-0.4, -0.2) is 20.9 Å². The molecule has 98 valence electrons. The van der Waals surface area contributed by atoms with Gasteiger partial charge < -0.3 is 5.11 Å². The minimum Gasteiger partial charge on any atom is -0.481 e. The molecule has 1 fully saturated rings. The molecule has 0 bridgehead atoms. The molecule has 0 amide bonds. The molecule has 0 unspecified atom stereocenters. The maximum Gasteiger partial charge on any atom is 0.315 e. The molecule has 1 aliphatic rings. The Labute approximate surface area is 119 Å². The van der Waals surface area contributed by atoms with Gasteiger partial charge in [-0.25, -0.2) is 4.68 Å². The van der Waals surface area contributed by atoms with Crippen LogP contribution in [0.1, 0.15) is 24.1 Å². The summed E-state index contributed by atoms with van der Waals surface area (Å²) in [5.74, 6) is -0.773. The molecular formula is C14H13BrN2O2. The highest BCUT2D eigenvalue weighted by Crippen LogP contribution is 2.47. The van der Waals surface area contributed by atoms with Gasteiger partial charge in [-0.2, -0.15) is 5.10 Å². The Bertz CT molecular complexity index is 659. The Kier molecular flexibility index (Phi) is 2.74. The first-order chi connectivity index (χ1) is 9.03. The van der Waals surface area contributed by atoms with Crippen LogP contribution in [0.25, 0.3) is 5.69 Å². The summed E-state index contributed by atoms with van der Waals surface area (Å²) < 4.78 is 2.77. The van der Waals surface area contributed by atoms with Gasteiger partial charge in [-0.15, -0.1) is 0 Å². The molecule has 2 aromatic rings. The van der Waals surface area contributed by atoms with Gasteiger partial charge in [-0.05, 0) is 49.6 Å². The van der Waals surface area contributed by atoms with Crippen LogP contribution in [-0.2, 0) is 10.2 Å². The van der Waals surface area contributed by atoms with E-state index in [9.17, 15) is 9.90 Å². The molecule has 5 heteroatoms. The summed E-state index contributed by atoms with van der Waals surface area (Å²) in [6.07, 6.45) is 3.19. The number of aryl methyl sites for hydroxylation is 1. The first-order valence-electron chi connectivity index (χ1n) is 6.09. The van der Waals surface area contributed by atoms with Crippen LogP contribution in [0.5, 0.6) is 0 Å². The third-order valence-corrected chi connectivity index (χ3v) is 4.14. The topological polar surface area (TPSA) is 55.1 Å². The lowest BCUT2D eigenvalue weighted by molar-refractivity contribution is -0.140. The Morgan fingerprint density at radius 3 is 2.74 bits per heavy atom.